The minimum Gasteiger partial charge on any atom is -0.268 e. The van der Waals surface area contributed by atoms with Crippen molar-refractivity contribution >= 4 is 5.82 Å². The largest absolute Gasteiger partial charge is 0.268 e. The predicted octanol–water partition coefficient (Wildman–Crippen LogP) is 0.432. The Kier molecular flexibility index (Phi) is 1.35. The van der Waals surface area contributed by atoms with Crippen molar-refractivity contribution < 1.29 is 0 Å². The van der Waals surface area contributed by atoms with Crippen LogP contribution in [0.5, 0.6) is 0 Å². The van der Waals surface area contributed by atoms with Gasteiger partial charge in [-0.3, -0.25) is 4.79 Å². The fourth-order valence-electron chi connectivity index (χ4n) is 0.399. The predicted molar refractivity (Wildman–Crippen MR) is 29.7 cm³/mol. The molecule has 1 aromatic rings. The van der Waals surface area contributed by atoms with Gasteiger partial charge in [0.1, 0.15) is 0 Å². The molecule has 0 aliphatic heterocycles. The zero-order valence-corrected chi connectivity index (χ0v) is 4.46. The molecule has 0 fully saturated rings. The first-order valence-corrected chi connectivity index (χ1v) is 2.26. The summed E-state index contributed by atoms with van der Waals surface area (Å²) >= 11 is 0. The Balaban J connectivity index is 3.16. The SMILES string of the molecule is N=Nc1ccc(=O)[nH]n1. The maximum Gasteiger partial charge on any atom is 0.264 e. The number of rotatable bonds is 1. The van der Waals surface area contributed by atoms with Gasteiger partial charge in [0.05, 0.1) is 0 Å². The van der Waals surface area contributed by atoms with E-state index in [1.165, 1.54) is 12.1 Å². The van der Waals surface area contributed by atoms with E-state index < -0.39 is 0 Å². The molecule has 1 rings (SSSR count). The topological polar surface area (TPSA) is 82.0 Å². The average molecular weight is 124 g/mol. The van der Waals surface area contributed by atoms with Gasteiger partial charge in [-0.1, -0.05) is 0 Å². The number of aromatic amines is 1. The van der Waals surface area contributed by atoms with E-state index in [9.17, 15) is 4.79 Å². The van der Waals surface area contributed by atoms with Crippen molar-refractivity contribution in [3.05, 3.63) is 22.5 Å². The van der Waals surface area contributed by atoms with Crippen LogP contribution in [-0.4, -0.2) is 10.2 Å². The van der Waals surface area contributed by atoms with Gasteiger partial charge in [0.15, 0.2) is 5.82 Å². The minimum absolute atomic E-state index is 0.203. The molecule has 5 heteroatoms. The number of hydrogen-bond acceptors (Lipinski definition) is 4. The molecule has 0 saturated heterocycles. The highest BCUT2D eigenvalue weighted by molar-refractivity contribution is 5.20. The fraction of sp³-hybridized carbons (Fsp3) is 0. The van der Waals surface area contributed by atoms with Gasteiger partial charge in [-0.15, -0.1) is 5.11 Å². The van der Waals surface area contributed by atoms with Gasteiger partial charge < -0.3 is 0 Å². The second-order valence-corrected chi connectivity index (χ2v) is 1.39. The standard InChI is InChI=1S/C4H4N4O/c5-6-3-1-2-4(9)8-7-3/h1-2,5H,(H,8,9). The highest BCUT2D eigenvalue weighted by Gasteiger charge is 1.85. The second-order valence-electron chi connectivity index (χ2n) is 1.39. The van der Waals surface area contributed by atoms with Gasteiger partial charge in [0.25, 0.3) is 5.56 Å². The lowest BCUT2D eigenvalue weighted by atomic mass is 10.5. The molecule has 0 amide bonds. The number of nitrogens with zero attached hydrogens (tertiary/aromatic N) is 2. The van der Waals surface area contributed by atoms with E-state index in [4.69, 9.17) is 5.53 Å². The van der Waals surface area contributed by atoms with Crippen LogP contribution < -0.4 is 5.56 Å². The number of aromatic nitrogens is 2. The molecule has 2 N–H and O–H groups in total. The van der Waals surface area contributed by atoms with Crippen molar-refractivity contribution in [2.75, 3.05) is 0 Å². The van der Waals surface area contributed by atoms with Gasteiger partial charge >= 0.3 is 0 Å². The number of nitrogens with one attached hydrogen (secondary N) is 2. The summed E-state index contributed by atoms with van der Waals surface area (Å²) in [6.45, 7) is 0. The van der Waals surface area contributed by atoms with Crippen molar-refractivity contribution in [3.63, 3.8) is 0 Å². The summed E-state index contributed by atoms with van der Waals surface area (Å²) < 4.78 is 0. The van der Waals surface area contributed by atoms with Crippen LogP contribution in [0.4, 0.5) is 5.82 Å². The van der Waals surface area contributed by atoms with Crippen molar-refractivity contribution in [2.24, 2.45) is 5.11 Å². The lowest BCUT2D eigenvalue weighted by Crippen LogP contribution is -2.03. The minimum atomic E-state index is -0.289. The van der Waals surface area contributed by atoms with Crippen LogP contribution in [-0.2, 0) is 0 Å². The van der Waals surface area contributed by atoms with Gasteiger partial charge in [-0.2, -0.15) is 5.10 Å². The van der Waals surface area contributed by atoms with Crippen LogP contribution in [0.3, 0.4) is 0 Å². The summed E-state index contributed by atoms with van der Waals surface area (Å²) in [5, 5.41) is 8.52. The highest BCUT2D eigenvalue weighted by Crippen LogP contribution is 1.98. The van der Waals surface area contributed by atoms with Crippen LogP contribution in [0.2, 0.25) is 0 Å². The molecule has 0 bridgehead atoms. The van der Waals surface area contributed by atoms with Gasteiger partial charge in [-0.05, 0) is 6.07 Å². The molecule has 0 saturated carbocycles. The number of hydrogen-bond donors (Lipinski definition) is 2. The molecule has 0 aliphatic carbocycles. The zero-order valence-electron chi connectivity index (χ0n) is 4.46. The maximum atomic E-state index is 10.3. The molecular formula is C4H4N4O. The van der Waals surface area contributed by atoms with E-state index in [2.05, 4.69) is 15.3 Å². The Morgan fingerprint density at radius 2 is 2.44 bits per heavy atom. The molecule has 0 unspecified atom stereocenters. The molecule has 0 aliphatic rings. The first-order valence-electron chi connectivity index (χ1n) is 2.26. The first-order chi connectivity index (χ1) is 4.33. The Morgan fingerprint density at radius 1 is 1.67 bits per heavy atom. The van der Waals surface area contributed by atoms with Crippen molar-refractivity contribution in [3.8, 4) is 0 Å². The highest BCUT2D eigenvalue weighted by atomic mass is 16.1. The van der Waals surface area contributed by atoms with Crippen LogP contribution in [0, 0.1) is 5.53 Å². The lowest BCUT2D eigenvalue weighted by molar-refractivity contribution is 0.951. The third-order valence-electron chi connectivity index (χ3n) is 0.779. The molecule has 1 heterocycles. The summed E-state index contributed by atoms with van der Waals surface area (Å²) in [6, 6.07) is 2.63. The zero-order chi connectivity index (χ0) is 6.69. The Labute approximate surface area is 50.2 Å². The van der Waals surface area contributed by atoms with Gasteiger partial charge in [0, 0.05) is 6.07 Å². The molecule has 46 valence electrons. The van der Waals surface area contributed by atoms with E-state index >= 15 is 0 Å². The molecule has 0 atom stereocenters. The Hall–Kier alpha value is -1.52. The summed E-state index contributed by atoms with van der Waals surface area (Å²) in [7, 11) is 0. The average Bonchev–Trinajstić information content (AvgIpc) is 1.90. The van der Waals surface area contributed by atoms with Crippen molar-refractivity contribution in [2.45, 2.75) is 0 Å². The normalized spacial score (nSPS) is 8.89. The Bertz CT molecular complexity index is 245. The first kappa shape index (κ1) is 5.61. The fourth-order valence-corrected chi connectivity index (χ4v) is 0.399. The summed E-state index contributed by atoms with van der Waals surface area (Å²) in [5.41, 5.74) is 6.17. The molecule has 1 aromatic heterocycles. The Morgan fingerprint density at radius 3 is 2.89 bits per heavy atom. The van der Waals surface area contributed by atoms with Crippen molar-refractivity contribution in [1.82, 2.24) is 10.2 Å². The van der Waals surface area contributed by atoms with Crippen LogP contribution in [0.25, 0.3) is 0 Å². The third-order valence-corrected chi connectivity index (χ3v) is 0.779. The van der Waals surface area contributed by atoms with E-state index in [1.807, 2.05) is 0 Å². The molecule has 5 nitrogen and oxygen atoms in total. The maximum absolute atomic E-state index is 10.3. The third kappa shape index (κ3) is 1.18. The number of H-pyrrole nitrogens is 1. The monoisotopic (exact) mass is 124 g/mol. The van der Waals surface area contributed by atoms with E-state index in [-0.39, 0.29) is 11.4 Å². The summed E-state index contributed by atoms with van der Waals surface area (Å²) in [5.74, 6) is 0.203. The summed E-state index contributed by atoms with van der Waals surface area (Å²) in [6.07, 6.45) is 0. The van der Waals surface area contributed by atoms with E-state index in [0.29, 0.717) is 0 Å². The van der Waals surface area contributed by atoms with Crippen LogP contribution >= 0.6 is 0 Å². The van der Waals surface area contributed by atoms with Crippen molar-refractivity contribution in [1.29, 1.82) is 5.53 Å². The quantitative estimate of drug-likeness (QED) is 0.532. The lowest BCUT2D eigenvalue weighted by Gasteiger charge is -1.82. The molecule has 0 radical (unpaired) electrons. The smallest absolute Gasteiger partial charge is 0.264 e. The molecular weight excluding hydrogens is 120 g/mol. The summed E-state index contributed by atoms with van der Waals surface area (Å²) in [4.78, 5) is 10.3. The van der Waals surface area contributed by atoms with Gasteiger partial charge in [-0.25, -0.2) is 10.6 Å². The van der Waals surface area contributed by atoms with E-state index in [0.717, 1.165) is 0 Å². The van der Waals surface area contributed by atoms with Gasteiger partial charge in [0.2, 0.25) is 0 Å². The molecule has 0 spiro atoms. The van der Waals surface area contributed by atoms with Crippen LogP contribution in [0.15, 0.2) is 22.0 Å². The molecule has 0 aromatic carbocycles. The second kappa shape index (κ2) is 2.17. The molecule has 9 heavy (non-hydrogen) atoms. The van der Waals surface area contributed by atoms with E-state index in [1.54, 1.807) is 0 Å². The van der Waals surface area contributed by atoms with Crippen LogP contribution in [0.1, 0.15) is 0 Å².